The summed E-state index contributed by atoms with van der Waals surface area (Å²) >= 11 is 6.31. The van der Waals surface area contributed by atoms with Gasteiger partial charge in [-0.3, -0.25) is 9.78 Å². The molecule has 1 amide bonds. The van der Waals surface area contributed by atoms with E-state index in [2.05, 4.69) is 10.3 Å². The molecular formula is C22H24ClF3N2O3. The Balaban J connectivity index is 1.88. The maximum Gasteiger partial charge on any atom is 0.417 e. The van der Waals surface area contributed by atoms with Crippen LogP contribution < -0.4 is 5.32 Å². The van der Waals surface area contributed by atoms with Gasteiger partial charge in [0.2, 0.25) is 0 Å². The zero-order valence-electron chi connectivity index (χ0n) is 17.3. The minimum Gasteiger partial charge on any atom is -0.396 e. The quantitative estimate of drug-likeness (QED) is 0.666. The molecule has 9 heteroatoms. The Morgan fingerprint density at radius 2 is 2.10 bits per heavy atom. The maximum absolute atomic E-state index is 13.7. The first-order chi connectivity index (χ1) is 14.4. The summed E-state index contributed by atoms with van der Waals surface area (Å²) < 4.78 is 46.4. The zero-order chi connectivity index (χ0) is 23.0. The van der Waals surface area contributed by atoms with Crippen LogP contribution in [0.5, 0.6) is 0 Å². The Morgan fingerprint density at radius 1 is 1.39 bits per heavy atom. The molecule has 1 aliphatic heterocycles. The molecule has 1 aromatic carbocycles. The van der Waals surface area contributed by atoms with Gasteiger partial charge in [0.25, 0.3) is 5.91 Å². The van der Waals surface area contributed by atoms with Crippen LogP contribution in [-0.4, -0.2) is 40.5 Å². The van der Waals surface area contributed by atoms with Gasteiger partial charge in [0.1, 0.15) is 6.10 Å². The summed E-state index contributed by atoms with van der Waals surface area (Å²) in [6.45, 7) is 4.48. The van der Waals surface area contributed by atoms with E-state index in [1.807, 2.05) is 6.92 Å². The molecule has 4 atom stereocenters. The molecule has 1 aliphatic rings. The minimum absolute atomic E-state index is 0.0797. The highest BCUT2D eigenvalue weighted by molar-refractivity contribution is 6.31. The second-order valence-electron chi connectivity index (χ2n) is 8.15. The van der Waals surface area contributed by atoms with Crippen LogP contribution in [0.2, 0.25) is 5.02 Å². The van der Waals surface area contributed by atoms with Crippen LogP contribution in [0.4, 0.5) is 18.9 Å². The van der Waals surface area contributed by atoms with E-state index in [0.717, 1.165) is 12.5 Å². The fourth-order valence-corrected chi connectivity index (χ4v) is 4.01. The molecule has 0 spiro atoms. The molecule has 0 bridgehead atoms. The number of ether oxygens (including phenoxy) is 1. The predicted molar refractivity (Wildman–Crippen MR) is 111 cm³/mol. The first-order valence-electron chi connectivity index (χ1n) is 9.83. The summed E-state index contributed by atoms with van der Waals surface area (Å²) in [4.78, 5) is 17.1. The van der Waals surface area contributed by atoms with Crippen LogP contribution in [-0.2, 0) is 9.53 Å². The van der Waals surface area contributed by atoms with Gasteiger partial charge >= 0.3 is 6.18 Å². The smallest absolute Gasteiger partial charge is 0.396 e. The monoisotopic (exact) mass is 456 g/mol. The lowest BCUT2D eigenvalue weighted by molar-refractivity contribution is -0.261. The molecule has 1 aromatic heterocycles. The first kappa shape index (κ1) is 23.5. The number of aliphatic hydroxyl groups is 1. The number of carbonyl (C=O) groups is 1. The Labute approximate surface area is 183 Å². The molecule has 31 heavy (non-hydrogen) atoms. The lowest BCUT2D eigenvalue weighted by Crippen LogP contribution is -2.43. The summed E-state index contributed by atoms with van der Waals surface area (Å²) in [7, 11) is 0. The lowest BCUT2D eigenvalue weighted by atomic mass is 9.86. The van der Waals surface area contributed by atoms with Gasteiger partial charge in [-0.25, -0.2) is 0 Å². The number of pyridine rings is 1. The second kappa shape index (κ2) is 8.76. The van der Waals surface area contributed by atoms with Crippen molar-refractivity contribution >= 4 is 23.2 Å². The number of rotatable bonds is 5. The largest absolute Gasteiger partial charge is 0.417 e. The van der Waals surface area contributed by atoms with Crippen molar-refractivity contribution in [2.24, 2.45) is 0 Å². The fraction of sp³-hybridized carbons (Fsp3) is 0.455. The molecule has 0 radical (unpaired) electrons. The molecule has 3 rings (SSSR count). The van der Waals surface area contributed by atoms with E-state index in [9.17, 15) is 23.1 Å². The Morgan fingerprint density at radius 3 is 2.65 bits per heavy atom. The molecule has 2 aromatic rings. The number of alkyl halides is 3. The third kappa shape index (κ3) is 4.86. The number of aryl methyl sites for hydroxylation is 1. The molecule has 168 valence electrons. The van der Waals surface area contributed by atoms with E-state index in [1.54, 1.807) is 37.3 Å². The average molecular weight is 457 g/mol. The van der Waals surface area contributed by atoms with Gasteiger partial charge in [0.15, 0.2) is 5.60 Å². The van der Waals surface area contributed by atoms with Gasteiger partial charge in [-0.15, -0.1) is 0 Å². The van der Waals surface area contributed by atoms with E-state index in [1.165, 1.54) is 6.20 Å². The third-order valence-electron chi connectivity index (χ3n) is 5.61. The topological polar surface area (TPSA) is 71.5 Å². The molecule has 0 unspecified atom stereocenters. The number of hydrogen-bond acceptors (Lipinski definition) is 4. The maximum atomic E-state index is 13.7. The van der Waals surface area contributed by atoms with Crippen molar-refractivity contribution in [3.8, 4) is 0 Å². The van der Waals surface area contributed by atoms with Gasteiger partial charge in [0.05, 0.1) is 18.5 Å². The minimum atomic E-state index is -4.65. The number of halogens is 4. The highest BCUT2D eigenvalue weighted by Crippen LogP contribution is 2.50. The van der Waals surface area contributed by atoms with E-state index in [0.29, 0.717) is 22.0 Å². The van der Waals surface area contributed by atoms with E-state index in [4.69, 9.17) is 16.3 Å². The summed E-state index contributed by atoms with van der Waals surface area (Å²) in [5.74, 6) is -1.76. The predicted octanol–water partition coefficient (Wildman–Crippen LogP) is 4.97. The SMILES string of the molecule is Cc1ccc([C@@H]2C[C@](C)(C(F)(F)F)O[C@H]2C(=O)Nc2ccc([C@@H](C)CO)nc2)c(Cl)c1. The number of amides is 1. The number of anilines is 1. The van der Waals surface area contributed by atoms with E-state index >= 15 is 0 Å². The first-order valence-corrected chi connectivity index (χ1v) is 10.2. The molecule has 0 saturated carbocycles. The Hall–Kier alpha value is -2.16. The zero-order valence-corrected chi connectivity index (χ0v) is 18.1. The molecule has 5 nitrogen and oxygen atoms in total. The van der Waals surface area contributed by atoms with Crippen molar-refractivity contribution in [2.45, 2.75) is 56.9 Å². The Bertz CT molecular complexity index is 952. The van der Waals surface area contributed by atoms with Crippen LogP contribution >= 0.6 is 11.6 Å². The van der Waals surface area contributed by atoms with Gasteiger partial charge in [-0.05, 0) is 49.6 Å². The molecular weight excluding hydrogens is 433 g/mol. The molecule has 0 aliphatic carbocycles. The van der Waals surface area contributed by atoms with Crippen molar-refractivity contribution in [2.75, 3.05) is 11.9 Å². The summed E-state index contributed by atoms with van der Waals surface area (Å²) in [6, 6.07) is 8.25. The highest BCUT2D eigenvalue weighted by atomic mass is 35.5. The summed E-state index contributed by atoms with van der Waals surface area (Å²) in [6.07, 6.45) is -5.07. The van der Waals surface area contributed by atoms with Crippen molar-refractivity contribution in [1.29, 1.82) is 0 Å². The van der Waals surface area contributed by atoms with Crippen LogP contribution in [0.1, 0.15) is 48.9 Å². The van der Waals surface area contributed by atoms with E-state index in [-0.39, 0.29) is 12.5 Å². The van der Waals surface area contributed by atoms with Gasteiger partial charge in [0, 0.05) is 22.6 Å². The molecule has 2 heterocycles. The van der Waals surface area contributed by atoms with Crippen molar-refractivity contribution in [1.82, 2.24) is 4.98 Å². The highest BCUT2D eigenvalue weighted by Gasteiger charge is 2.61. The molecule has 1 saturated heterocycles. The van der Waals surface area contributed by atoms with Crippen molar-refractivity contribution in [3.63, 3.8) is 0 Å². The average Bonchev–Trinajstić information content (AvgIpc) is 3.07. The Kier molecular flexibility index (Phi) is 6.64. The number of aromatic nitrogens is 1. The fourth-order valence-electron chi connectivity index (χ4n) is 3.64. The number of aliphatic hydroxyl groups excluding tert-OH is 1. The van der Waals surface area contributed by atoms with Gasteiger partial charge in [-0.2, -0.15) is 13.2 Å². The number of nitrogens with one attached hydrogen (secondary N) is 1. The molecule has 1 fully saturated rings. The van der Waals surface area contributed by atoms with Crippen LogP contribution in [0, 0.1) is 6.92 Å². The van der Waals surface area contributed by atoms with Gasteiger partial charge in [-0.1, -0.05) is 30.7 Å². The van der Waals surface area contributed by atoms with Crippen LogP contribution in [0.3, 0.4) is 0 Å². The summed E-state index contributed by atoms with van der Waals surface area (Å²) in [5.41, 5.74) is -0.239. The summed E-state index contributed by atoms with van der Waals surface area (Å²) in [5, 5.41) is 12.1. The standard InChI is InChI=1S/C22H24ClF3N2O3/c1-12-4-6-15(17(23)8-12)16-9-21(3,22(24,25)26)31-19(16)20(30)28-14-5-7-18(27-10-14)13(2)11-29/h4-8,10,13,16,19,29H,9,11H2,1-3H3,(H,28,30)/t13-,16-,19+,21+/m0/s1. The number of benzene rings is 1. The van der Waals surface area contributed by atoms with Crippen molar-refractivity contribution in [3.05, 3.63) is 58.4 Å². The van der Waals surface area contributed by atoms with Crippen LogP contribution in [0.15, 0.2) is 36.5 Å². The van der Waals surface area contributed by atoms with Gasteiger partial charge < -0.3 is 15.2 Å². The number of hydrogen-bond donors (Lipinski definition) is 2. The normalized spacial score (nSPS) is 24.8. The number of nitrogens with zero attached hydrogens (tertiary/aromatic N) is 1. The second-order valence-corrected chi connectivity index (χ2v) is 8.55. The van der Waals surface area contributed by atoms with Crippen LogP contribution in [0.25, 0.3) is 0 Å². The van der Waals surface area contributed by atoms with Crippen molar-refractivity contribution < 1.29 is 27.8 Å². The third-order valence-corrected chi connectivity index (χ3v) is 5.94. The lowest BCUT2D eigenvalue weighted by Gasteiger charge is -2.27. The molecule has 2 N–H and O–H groups in total. The number of carbonyl (C=O) groups excluding carboxylic acids is 1. The van der Waals surface area contributed by atoms with E-state index < -0.39 is 36.1 Å².